The Balaban J connectivity index is 1.64. The Kier molecular flexibility index (Phi) is 5.11. The second kappa shape index (κ2) is 7.72. The lowest BCUT2D eigenvalue weighted by atomic mass is 10.0. The van der Waals surface area contributed by atoms with Gasteiger partial charge in [-0.3, -0.25) is 9.48 Å². The fourth-order valence-corrected chi connectivity index (χ4v) is 4.25. The quantitative estimate of drug-likeness (QED) is 0.464. The van der Waals surface area contributed by atoms with E-state index >= 15 is 0 Å². The summed E-state index contributed by atoms with van der Waals surface area (Å²) in [5.41, 5.74) is 3.85. The monoisotopic (exact) mass is 405 g/mol. The van der Waals surface area contributed by atoms with Crippen LogP contribution in [0, 0.1) is 0 Å². The van der Waals surface area contributed by atoms with Gasteiger partial charge in [-0.05, 0) is 41.8 Å². The number of nitrogens with one attached hydrogen (secondary N) is 1. The molecular weight excluding hydrogens is 382 g/mol. The van der Waals surface area contributed by atoms with Gasteiger partial charge >= 0.3 is 0 Å². The second-order valence-corrected chi connectivity index (χ2v) is 8.30. The Morgan fingerprint density at radius 3 is 2.59 bits per heavy atom. The number of hydrogen-bond donors (Lipinski definition) is 1. The lowest BCUT2D eigenvalue weighted by Gasteiger charge is -2.07. The fourth-order valence-electron chi connectivity index (χ4n) is 3.28. The van der Waals surface area contributed by atoms with Crippen molar-refractivity contribution in [2.24, 2.45) is 7.05 Å². The van der Waals surface area contributed by atoms with Gasteiger partial charge in [-0.1, -0.05) is 38.1 Å². The average molecular weight is 406 g/mol. The molecule has 0 spiro atoms. The van der Waals surface area contributed by atoms with Crippen LogP contribution < -0.4 is 10.1 Å². The number of carbonyl (C=O) groups is 1. The molecule has 4 rings (SSSR count). The van der Waals surface area contributed by atoms with Crippen molar-refractivity contribution in [1.82, 2.24) is 9.78 Å². The molecule has 1 amide bonds. The van der Waals surface area contributed by atoms with Crippen molar-refractivity contribution in [1.29, 1.82) is 0 Å². The first-order valence-electron chi connectivity index (χ1n) is 9.48. The van der Waals surface area contributed by atoms with Gasteiger partial charge in [0.05, 0.1) is 12.0 Å². The molecule has 4 aromatic rings. The van der Waals surface area contributed by atoms with Gasteiger partial charge in [0.25, 0.3) is 5.91 Å². The van der Waals surface area contributed by atoms with Gasteiger partial charge in [0.1, 0.15) is 16.3 Å². The van der Waals surface area contributed by atoms with Gasteiger partial charge in [0.2, 0.25) is 0 Å². The van der Waals surface area contributed by atoms with Crippen molar-refractivity contribution in [3.8, 4) is 17.0 Å². The largest absolute Gasteiger partial charge is 0.497 e. The van der Waals surface area contributed by atoms with Crippen LogP contribution in [0.4, 0.5) is 5.69 Å². The zero-order chi connectivity index (χ0) is 20.5. The van der Waals surface area contributed by atoms with E-state index in [1.54, 1.807) is 7.11 Å². The first-order valence-corrected chi connectivity index (χ1v) is 10.3. The van der Waals surface area contributed by atoms with Crippen molar-refractivity contribution in [2.75, 3.05) is 12.4 Å². The van der Waals surface area contributed by atoms with Crippen molar-refractivity contribution in [3.63, 3.8) is 0 Å². The predicted molar refractivity (Wildman–Crippen MR) is 119 cm³/mol. The number of amides is 1. The van der Waals surface area contributed by atoms with Crippen LogP contribution in [0.5, 0.6) is 5.75 Å². The van der Waals surface area contributed by atoms with Gasteiger partial charge in [0.15, 0.2) is 0 Å². The normalized spacial score (nSPS) is 11.2. The molecule has 0 aliphatic carbocycles. The summed E-state index contributed by atoms with van der Waals surface area (Å²) in [6, 6.07) is 17.7. The minimum atomic E-state index is -0.111. The van der Waals surface area contributed by atoms with Gasteiger partial charge in [0, 0.05) is 23.7 Å². The molecule has 2 aromatic heterocycles. The van der Waals surface area contributed by atoms with Crippen molar-refractivity contribution in [3.05, 3.63) is 65.0 Å². The smallest absolute Gasteiger partial charge is 0.265 e. The Morgan fingerprint density at radius 1 is 1.14 bits per heavy atom. The van der Waals surface area contributed by atoms with Crippen molar-refractivity contribution < 1.29 is 9.53 Å². The Labute approximate surface area is 173 Å². The van der Waals surface area contributed by atoms with E-state index in [2.05, 4.69) is 36.4 Å². The van der Waals surface area contributed by atoms with Gasteiger partial charge in [-0.15, -0.1) is 11.3 Å². The molecule has 0 radical (unpaired) electrons. The van der Waals surface area contributed by atoms with E-state index in [0.717, 1.165) is 32.9 Å². The Hall–Kier alpha value is -3.12. The highest BCUT2D eigenvalue weighted by molar-refractivity contribution is 7.20. The average Bonchev–Trinajstić information content (AvgIpc) is 3.29. The van der Waals surface area contributed by atoms with Crippen LogP contribution in [0.15, 0.2) is 54.6 Å². The lowest BCUT2D eigenvalue weighted by Crippen LogP contribution is -2.10. The number of fused-ring (bicyclic) bond motifs is 1. The third kappa shape index (κ3) is 3.76. The summed E-state index contributed by atoms with van der Waals surface area (Å²) in [5, 5.41) is 8.60. The number of rotatable bonds is 5. The molecule has 0 fully saturated rings. The SMILES string of the molecule is COc1cccc(-c2nn(C)c3sc(C(=O)Nc4ccc(C(C)C)cc4)cc23)c1. The highest BCUT2D eigenvalue weighted by Crippen LogP contribution is 2.35. The Bertz CT molecular complexity index is 1170. The number of aromatic nitrogens is 2. The summed E-state index contributed by atoms with van der Waals surface area (Å²) < 4.78 is 7.15. The van der Waals surface area contributed by atoms with Crippen molar-refractivity contribution >= 4 is 33.1 Å². The van der Waals surface area contributed by atoms with E-state index in [1.807, 2.05) is 54.2 Å². The molecule has 0 saturated carbocycles. The van der Waals surface area contributed by atoms with Crippen LogP contribution in [-0.4, -0.2) is 22.8 Å². The van der Waals surface area contributed by atoms with E-state index in [1.165, 1.54) is 16.9 Å². The molecule has 0 bridgehead atoms. The molecule has 148 valence electrons. The molecule has 2 heterocycles. The summed E-state index contributed by atoms with van der Waals surface area (Å²) in [5.74, 6) is 1.13. The molecule has 5 nitrogen and oxygen atoms in total. The highest BCUT2D eigenvalue weighted by atomic mass is 32.1. The summed E-state index contributed by atoms with van der Waals surface area (Å²) >= 11 is 1.44. The number of nitrogens with zero attached hydrogens (tertiary/aromatic N) is 2. The van der Waals surface area contributed by atoms with E-state index in [-0.39, 0.29) is 5.91 Å². The van der Waals surface area contributed by atoms with Crippen LogP contribution in [0.25, 0.3) is 21.5 Å². The lowest BCUT2D eigenvalue weighted by molar-refractivity contribution is 0.103. The molecule has 0 aliphatic heterocycles. The molecule has 0 atom stereocenters. The zero-order valence-electron chi connectivity index (χ0n) is 16.9. The first kappa shape index (κ1) is 19.2. The van der Waals surface area contributed by atoms with Crippen LogP contribution in [0.2, 0.25) is 0 Å². The summed E-state index contributed by atoms with van der Waals surface area (Å²) in [6.45, 7) is 4.30. The topological polar surface area (TPSA) is 56.2 Å². The minimum absolute atomic E-state index is 0.111. The van der Waals surface area contributed by atoms with Gasteiger partial charge in [-0.25, -0.2) is 0 Å². The number of thiophene rings is 1. The highest BCUT2D eigenvalue weighted by Gasteiger charge is 2.18. The van der Waals surface area contributed by atoms with Gasteiger partial charge in [-0.2, -0.15) is 5.10 Å². The zero-order valence-corrected chi connectivity index (χ0v) is 17.7. The third-order valence-electron chi connectivity index (χ3n) is 4.91. The molecule has 29 heavy (non-hydrogen) atoms. The predicted octanol–water partition coefficient (Wildman–Crippen LogP) is 5.69. The standard InChI is InChI=1S/C23H23N3O2S/c1-14(2)15-8-10-17(11-9-15)24-22(27)20-13-19-21(25-26(3)23(19)29-20)16-6-5-7-18(12-16)28-4/h5-14H,1-4H3,(H,24,27). The number of benzene rings is 2. The van der Waals surface area contributed by atoms with Crippen LogP contribution in [0.1, 0.15) is 35.0 Å². The molecule has 6 heteroatoms. The number of carbonyl (C=O) groups excluding carboxylic acids is 1. The first-order chi connectivity index (χ1) is 14.0. The molecule has 2 aromatic carbocycles. The number of aryl methyl sites for hydroxylation is 1. The summed E-state index contributed by atoms with van der Waals surface area (Å²) in [4.78, 5) is 14.4. The molecule has 1 N–H and O–H groups in total. The maximum atomic E-state index is 12.8. The molecular formula is C23H23N3O2S. The van der Waals surface area contributed by atoms with E-state index in [9.17, 15) is 4.79 Å². The minimum Gasteiger partial charge on any atom is -0.497 e. The molecule has 0 aliphatic rings. The number of methoxy groups -OCH3 is 1. The Morgan fingerprint density at radius 2 is 1.90 bits per heavy atom. The van der Waals surface area contributed by atoms with E-state index < -0.39 is 0 Å². The maximum Gasteiger partial charge on any atom is 0.265 e. The summed E-state index contributed by atoms with van der Waals surface area (Å²) in [6.07, 6.45) is 0. The van der Waals surface area contributed by atoms with Gasteiger partial charge < -0.3 is 10.1 Å². The maximum absolute atomic E-state index is 12.8. The van der Waals surface area contributed by atoms with Crippen LogP contribution in [-0.2, 0) is 7.05 Å². The van der Waals surface area contributed by atoms with Crippen molar-refractivity contribution in [2.45, 2.75) is 19.8 Å². The van der Waals surface area contributed by atoms with Crippen LogP contribution in [0.3, 0.4) is 0 Å². The summed E-state index contributed by atoms with van der Waals surface area (Å²) in [7, 11) is 3.54. The van der Waals surface area contributed by atoms with E-state index in [4.69, 9.17) is 4.74 Å². The van der Waals surface area contributed by atoms with E-state index in [0.29, 0.717) is 10.8 Å². The van der Waals surface area contributed by atoms with Crippen LogP contribution >= 0.6 is 11.3 Å². The third-order valence-corrected chi connectivity index (χ3v) is 6.11. The second-order valence-electron chi connectivity index (χ2n) is 7.26. The number of hydrogen-bond acceptors (Lipinski definition) is 4. The number of anilines is 1. The number of ether oxygens (including phenoxy) is 1. The fraction of sp³-hybridized carbons (Fsp3) is 0.217. The molecule has 0 unspecified atom stereocenters. The molecule has 0 saturated heterocycles.